The molecule has 1 aromatic carbocycles. The van der Waals surface area contributed by atoms with Crippen LogP contribution in [0.3, 0.4) is 0 Å². The Morgan fingerprint density at radius 1 is 1.39 bits per heavy atom. The molecular formula is C10H6BrF2N3O2. The lowest BCUT2D eigenvalue weighted by Crippen LogP contribution is -2.16. The fourth-order valence-corrected chi connectivity index (χ4v) is 1.67. The highest BCUT2D eigenvalue weighted by Crippen LogP contribution is 2.20. The van der Waals surface area contributed by atoms with Gasteiger partial charge in [0.15, 0.2) is 5.82 Å². The van der Waals surface area contributed by atoms with Crippen molar-refractivity contribution in [3.05, 3.63) is 39.6 Å². The van der Waals surface area contributed by atoms with E-state index in [0.29, 0.717) is 5.82 Å². The van der Waals surface area contributed by atoms with Crippen LogP contribution in [0.5, 0.6) is 0 Å². The first-order chi connectivity index (χ1) is 8.47. The first-order valence-electron chi connectivity index (χ1n) is 4.73. The SMILES string of the molecule is Cc1noc(NC(=O)c2c(F)cc(Br)cc2F)n1. The first-order valence-corrected chi connectivity index (χ1v) is 5.53. The van der Waals surface area contributed by atoms with Crippen molar-refractivity contribution in [2.45, 2.75) is 6.92 Å². The van der Waals surface area contributed by atoms with Crippen LogP contribution < -0.4 is 5.32 Å². The van der Waals surface area contributed by atoms with E-state index in [1.165, 1.54) is 0 Å². The summed E-state index contributed by atoms with van der Waals surface area (Å²) in [6, 6.07) is 1.74. The third-order valence-corrected chi connectivity index (χ3v) is 2.44. The minimum absolute atomic E-state index is 0.197. The summed E-state index contributed by atoms with van der Waals surface area (Å²) in [6.45, 7) is 1.54. The average molecular weight is 318 g/mol. The van der Waals surface area contributed by atoms with Crippen LogP contribution in [0.25, 0.3) is 0 Å². The third-order valence-electron chi connectivity index (χ3n) is 1.98. The normalized spacial score (nSPS) is 10.4. The minimum atomic E-state index is -0.999. The number of nitrogens with zero attached hydrogens (tertiary/aromatic N) is 2. The highest BCUT2D eigenvalue weighted by molar-refractivity contribution is 9.10. The molecule has 2 aromatic rings. The Morgan fingerprint density at radius 3 is 2.50 bits per heavy atom. The number of carbonyl (C=O) groups excluding carboxylic acids is 1. The fourth-order valence-electron chi connectivity index (χ4n) is 1.27. The molecule has 5 nitrogen and oxygen atoms in total. The molecule has 1 aromatic heterocycles. The zero-order chi connectivity index (χ0) is 13.3. The predicted octanol–water partition coefficient (Wildman–Crippen LogP) is 2.67. The van der Waals surface area contributed by atoms with Crippen LogP contribution in [0, 0.1) is 18.6 Å². The summed E-state index contributed by atoms with van der Waals surface area (Å²) in [7, 11) is 0. The number of nitrogens with one attached hydrogen (secondary N) is 1. The van der Waals surface area contributed by atoms with Crippen molar-refractivity contribution in [2.75, 3.05) is 5.32 Å². The van der Waals surface area contributed by atoms with Gasteiger partial charge in [0.05, 0.1) is 0 Å². The van der Waals surface area contributed by atoms with Gasteiger partial charge in [0.25, 0.3) is 5.91 Å². The van der Waals surface area contributed by atoms with Crippen LogP contribution in [0.1, 0.15) is 16.2 Å². The Balaban J connectivity index is 2.29. The van der Waals surface area contributed by atoms with Crippen molar-refractivity contribution in [3.63, 3.8) is 0 Å². The van der Waals surface area contributed by atoms with Crippen LogP contribution in [-0.4, -0.2) is 16.0 Å². The van der Waals surface area contributed by atoms with E-state index in [-0.39, 0.29) is 10.5 Å². The molecule has 18 heavy (non-hydrogen) atoms. The van der Waals surface area contributed by atoms with Gasteiger partial charge in [-0.3, -0.25) is 10.1 Å². The van der Waals surface area contributed by atoms with Crippen molar-refractivity contribution >= 4 is 27.9 Å². The molecule has 0 saturated carbocycles. The maximum atomic E-state index is 13.5. The number of rotatable bonds is 2. The van der Waals surface area contributed by atoms with Crippen LogP contribution in [0.4, 0.5) is 14.8 Å². The van der Waals surface area contributed by atoms with E-state index in [9.17, 15) is 13.6 Å². The molecule has 1 heterocycles. The molecule has 0 atom stereocenters. The smallest absolute Gasteiger partial charge is 0.315 e. The molecule has 0 radical (unpaired) electrons. The lowest BCUT2D eigenvalue weighted by molar-refractivity contribution is 0.101. The number of carbonyl (C=O) groups is 1. The van der Waals surface area contributed by atoms with Crippen molar-refractivity contribution in [3.8, 4) is 0 Å². The summed E-state index contributed by atoms with van der Waals surface area (Å²) >= 11 is 2.91. The van der Waals surface area contributed by atoms with Crippen molar-refractivity contribution in [1.82, 2.24) is 10.1 Å². The maximum absolute atomic E-state index is 13.5. The molecule has 0 fully saturated rings. The standard InChI is InChI=1S/C10H6BrF2N3O2/c1-4-14-10(18-16-4)15-9(17)8-6(12)2-5(11)3-7(8)13/h2-3H,1H3,(H,14,15,16,17). The Labute approximate surface area is 108 Å². The van der Waals surface area contributed by atoms with Gasteiger partial charge in [-0.15, -0.1) is 0 Å². The number of aromatic nitrogens is 2. The van der Waals surface area contributed by atoms with E-state index < -0.39 is 23.1 Å². The van der Waals surface area contributed by atoms with Crippen molar-refractivity contribution in [1.29, 1.82) is 0 Å². The van der Waals surface area contributed by atoms with Gasteiger partial charge in [-0.1, -0.05) is 21.1 Å². The van der Waals surface area contributed by atoms with E-state index >= 15 is 0 Å². The molecule has 2 rings (SSSR count). The molecule has 0 bridgehead atoms. The summed E-state index contributed by atoms with van der Waals surface area (Å²) in [5.74, 6) is -2.69. The number of hydrogen-bond donors (Lipinski definition) is 1. The molecular weight excluding hydrogens is 312 g/mol. The molecule has 1 amide bonds. The number of hydrogen-bond acceptors (Lipinski definition) is 4. The lowest BCUT2D eigenvalue weighted by atomic mass is 10.2. The van der Waals surface area contributed by atoms with Crippen LogP contribution in [-0.2, 0) is 0 Å². The quantitative estimate of drug-likeness (QED) is 0.924. The fraction of sp³-hybridized carbons (Fsp3) is 0.100. The summed E-state index contributed by atoms with van der Waals surface area (Å²) in [6.07, 6.45) is 0. The molecule has 0 aliphatic heterocycles. The van der Waals surface area contributed by atoms with Crippen molar-refractivity contribution in [2.24, 2.45) is 0 Å². The van der Waals surface area contributed by atoms with Gasteiger partial charge < -0.3 is 4.52 Å². The average Bonchev–Trinajstić information content (AvgIpc) is 2.62. The molecule has 0 saturated heterocycles. The van der Waals surface area contributed by atoms with E-state index in [0.717, 1.165) is 12.1 Å². The second-order valence-corrected chi connectivity index (χ2v) is 4.26. The third kappa shape index (κ3) is 2.53. The summed E-state index contributed by atoms with van der Waals surface area (Å²) < 4.78 is 31.8. The highest BCUT2D eigenvalue weighted by atomic mass is 79.9. The van der Waals surface area contributed by atoms with E-state index in [2.05, 4.69) is 35.9 Å². The van der Waals surface area contributed by atoms with Gasteiger partial charge >= 0.3 is 6.01 Å². The predicted molar refractivity (Wildman–Crippen MR) is 61.0 cm³/mol. The minimum Gasteiger partial charge on any atom is -0.315 e. The van der Waals surface area contributed by atoms with Gasteiger partial charge in [0, 0.05) is 4.47 Å². The van der Waals surface area contributed by atoms with Gasteiger partial charge in [0.1, 0.15) is 17.2 Å². The number of amides is 1. The molecule has 8 heteroatoms. The van der Waals surface area contributed by atoms with E-state index in [4.69, 9.17) is 0 Å². The van der Waals surface area contributed by atoms with Gasteiger partial charge in [-0.2, -0.15) is 4.98 Å². The highest BCUT2D eigenvalue weighted by Gasteiger charge is 2.20. The van der Waals surface area contributed by atoms with Crippen LogP contribution in [0.2, 0.25) is 0 Å². The lowest BCUT2D eigenvalue weighted by Gasteiger charge is -2.04. The van der Waals surface area contributed by atoms with E-state index in [1.54, 1.807) is 6.92 Å². The van der Waals surface area contributed by atoms with Gasteiger partial charge in [-0.25, -0.2) is 8.78 Å². The zero-order valence-electron chi connectivity index (χ0n) is 9.00. The molecule has 1 N–H and O–H groups in total. The van der Waals surface area contributed by atoms with Crippen LogP contribution >= 0.6 is 15.9 Å². The number of benzene rings is 1. The Kier molecular flexibility index (Phi) is 3.37. The molecule has 0 unspecified atom stereocenters. The van der Waals surface area contributed by atoms with E-state index in [1.807, 2.05) is 0 Å². The van der Waals surface area contributed by atoms with Crippen LogP contribution in [0.15, 0.2) is 21.1 Å². The Bertz CT molecular complexity index is 592. The molecule has 94 valence electrons. The second kappa shape index (κ2) is 4.81. The summed E-state index contributed by atoms with van der Waals surface area (Å²) in [5, 5.41) is 5.53. The maximum Gasteiger partial charge on any atom is 0.328 e. The number of anilines is 1. The first kappa shape index (κ1) is 12.6. The summed E-state index contributed by atoms with van der Waals surface area (Å²) in [4.78, 5) is 15.3. The zero-order valence-corrected chi connectivity index (χ0v) is 10.6. The largest absolute Gasteiger partial charge is 0.328 e. The topological polar surface area (TPSA) is 68.0 Å². The Morgan fingerprint density at radius 2 is 2.00 bits per heavy atom. The Hall–Kier alpha value is -1.83. The number of aryl methyl sites for hydroxylation is 1. The summed E-state index contributed by atoms with van der Waals surface area (Å²) in [5.41, 5.74) is -0.714. The van der Waals surface area contributed by atoms with Gasteiger partial charge in [0.2, 0.25) is 0 Å². The molecule has 0 aliphatic carbocycles. The molecule has 0 aliphatic rings. The number of halogens is 3. The molecule has 0 spiro atoms. The van der Waals surface area contributed by atoms with Crippen molar-refractivity contribution < 1.29 is 18.1 Å². The second-order valence-electron chi connectivity index (χ2n) is 3.35. The van der Waals surface area contributed by atoms with Gasteiger partial charge in [-0.05, 0) is 19.1 Å². The monoisotopic (exact) mass is 317 g/mol.